The minimum Gasteiger partial charge on any atom is -0.455 e. The minimum absolute atomic E-state index is 0.103. The van der Waals surface area contributed by atoms with Crippen LogP contribution in [0.25, 0.3) is 5.69 Å². The van der Waals surface area contributed by atoms with E-state index in [0.29, 0.717) is 27.0 Å². The van der Waals surface area contributed by atoms with E-state index in [0.717, 1.165) is 0 Å². The molecule has 0 aliphatic rings. The Morgan fingerprint density at radius 2 is 1.80 bits per heavy atom. The molecule has 0 unspecified atom stereocenters. The van der Waals surface area contributed by atoms with E-state index in [4.69, 9.17) is 27.9 Å². The molecule has 1 N–H and O–H groups in total. The second-order valence-corrected chi connectivity index (χ2v) is 7.40. The first-order chi connectivity index (χ1) is 14.3. The number of benzene rings is 2. The quantitative estimate of drug-likeness (QED) is 0.586. The summed E-state index contributed by atoms with van der Waals surface area (Å²) in [5.41, 5.74) is 1.52. The summed E-state index contributed by atoms with van der Waals surface area (Å²) < 4.78 is 8.09. The molecule has 0 saturated carbocycles. The first-order valence-electron chi connectivity index (χ1n) is 9.01. The van der Waals surface area contributed by atoms with Crippen LogP contribution < -0.4 is 10.9 Å². The van der Waals surface area contributed by atoms with E-state index < -0.39 is 18.5 Å². The Balaban J connectivity index is 1.65. The Labute approximate surface area is 182 Å². The average molecular weight is 448 g/mol. The van der Waals surface area contributed by atoms with Crippen LogP contribution in [0.5, 0.6) is 0 Å². The van der Waals surface area contributed by atoms with Crippen LogP contribution in [0.2, 0.25) is 10.0 Å². The fourth-order valence-corrected chi connectivity index (χ4v) is 3.38. The molecule has 0 bridgehead atoms. The number of nitrogens with zero attached hydrogens (tertiary/aromatic N) is 2. The van der Waals surface area contributed by atoms with Crippen molar-refractivity contribution >= 4 is 40.8 Å². The predicted octanol–water partition coefficient (Wildman–Crippen LogP) is 3.52. The lowest BCUT2D eigenvalue weighted by molar-refractivity contribution is -0.146. The third-order valence-electron chi connectivity index (χ3n) is 4.53. The highest BCUT2D eigenvalue weighted by Gasteiger charge is 2.19. The summed E-state index contributed by atoms with van der Waals surface area (Å²) in [6.07, 6.45) is -0.103. The largest absolute Gasteiger partial charge is 0.455 e. The van der Waals surface area contributed by atoms with Crippen molar-refractivity contribution in [3.8, 4) is 5.69 Å². The highest BCUT2D eigenvalue weighted by atomic mass is 35.5. The molecule has 7 nitrogen and oxygen atoms in total. The Kier molecular flexibility index (Phi) is 6.64. The van der Waals surface area contributed by atoms with E-state index in [-0.39, 0.29) is 17.7 Å². The Hall–Kier alpha value is -3.03. The smallest absolute Gasteiger partial charge is 0.310 e. The minimum atomic E-state index is -0.624. The van der Waals surface area contributed by atoms with Crippen molar-refractivity contribution in [2.45, 2.75) is 13.3 Å². The first-order valence-corrected chi connectivity index (χ1v) is 9.77. The number of hydrogen-bond donors (Lipinski definition) is 1. The van der Waals surface area contributed by atoms with Crippen LogP contribution in [0.1, 0.15) is 11.3 Å². The van der Waals surface area contributed by atoms with E-state index >= 15 is 0 Å². The summed E-state index contributed by atoms with van der Waals surface area (Å²) in [5, 5.41) is 3.33. The number of aromatic nitrogens is 2. The predicted molar refractivity (Wildman–Crippen MR) is 116 cm³/mol. The van der Waals surface area contributed by atoms with Crippen LogP contribution in [0.3, 0.4) is 0 Å². The topological polar surface area (TPSA) is 82.3 Å². The van der Waals surface area contributed by atoms with Crippen molar-refractivity contribution in [1.82, 2.24) is 9.36 Å². The van der Waals surface area contributed by atoms with Crippen LogP contribution in [-0.2, 0) is 27.8 Å². The highest BCUT2D eigenvalue weighted by molar-refractivity contribution is 6.35. The molecule has 3 aromatic rings. The van der Waals surface area contributed by atoms with E-state index in [1.165, 1.54) is 10.7 Å². The lowest BCUT2D eigenvalue weighted by atomic mass is 10.1. The number of rotatable bonds is 6. The van der Waals surface area contributed by atoms with Crippen molar-refractivity contribution in [1.29, 1.82) is 0 Å². The van der Waals surface area contributed by atoms with Crippen LogP contribution in [0.15, 0.2) is 53.3 Å². The van der Waals surface area contributed by atoms with Gasteiger partial charge in [-0.05, 0) is 36.8 Å². The molecule has 0 radical (unpaired) electrons. The average Bonchev–Trinajstić information content (AvgIpc) is 2.92. The maximum Gasteiger partial charge on any atom is 0.310 e. The number of anilines is 1. The van der Waals surface area contributed by atoms with Gasteiger partial charge < -0.3 is 10.1 Å². The van der Waals surface area contributed by atoms with Gasteiger partial charge in [-0.1, -0.05) is 47.5 Å². The molecule has 0 spiro atoms. The number of ether oxygens (including phenoxy) is 1. The molecule has 0 atom stereocenters. The highest BCUT2D eigenvalue weighted by Crippen LogP contribution is 2.21. The summed E-state index contributed by atoms with van der Waals surface area (Å²) in [4.78, 5) is 37.1. The molecule has 0 aliphatic heterocycles. The molecule has 2 aromatic carbocycles. The van der Waals surface area contributed by atoms with Crippen molar-refractivity contribution in [2.75, 3.05) is 11.9 Å². The van der Waals surface area contributed by atoms with Gasteiger partial charge in [0.25, 0.3) is 11.5 Å². The Morgan fingerprint density at radius 1 is 1.10 bits per heavy atom. The number of para-hydroxylation sites is 1. The van der Waals surface area contributed by atoms with Crippen molar-refractivity contribution in [2.24, 2.45) is 7.05 Å². The van der Waals surface area contributed by atoms with E-state index in [1.54, 1.807) is 42.9 Å². The Bertz CT molecular complexity index is 1150. The molecule has 156 valence electrons. The molecule has 1 heterocycles. The van der Waals surface area contributed by atoms with E-state index in [2.05, 4.69) is 5.32 Å². The number of carbonyl (C=O) groups excluding carboxylic acids is 2. The number of halogens is 2. The number of hydrogen-bond acceptors (Lipinski definition) is 4. The van der Waals surface area contributed by atoms with Gasteiger partial charge in [-0.25, -0.2) is 4.68 Å². The maximum atomic E-state index is 12.8. The molecule has 1 aromatic heterocycles. The lowest BCUT2D eigenvalue weighted by Crippen LogP contribution is -2.26. The zero-order chi connectivity index (χ0) is 21.8. The van der Waals surface area contributed by atoms with Crippen molar-refractivity contribution < 1.29 is 14.3 Å². The first kappa shape index (κ1) is 21.7. The van der Waals surface area contributed by atoms with Crippen LogP contribution in [-0.4, -0.2) is 27.8 Å². The third kappa shape index (κ3) is 4.75. The Morgan fingerprint density at radius 3 is 2.47 bits per heavy atom. The van der Waals surface area contributed by atoms with Gasteiger partial charge >= 0.3 is 5.97 Å². The van der Waals surface area contributed by atoms with Gasteiger partial charge in [-0.2, -0.15) is 0 Å². The normalized spacial score (nSPS) is 10.7. The molecule has 0 aliphatic carbocycles. The molecular weight excluding hydrogens is 429 g/mol. The molecule has 0 saturated heterocycles. The second-order valence-electron chi connectivity index (χ2n) is 6.56. The van der Waals surface area contributed by atoms with Gasteiger partial charge in [-0.15, -0.1) is 0 Å². The van der Waals surface area contributed by atoms with Crippen LogP contribution in [0.4, 0.5) is 5.69 Å². The van der Waals surface area contributed by atoms with Gasteiger partial charge in [0.2, 0.25) is 0 Å². The summed E-state index contributed by atoms with van der Waals surface area (Å²) >= 11 is 11.9. The van der Waals surface area contributed by atoms with Crippen LogP contribution >= 0.6 is 23.2 Å². The van der Waals surface area contributed by atoms with E-state index in [9.17, 15) is 14.4 Å². The van der Waals surface area contributed by atoms with Crippen LogP contribution in [0, 0.1) is 6.92 Å². The summed E-state index contributed by atoms with van der Waals surface area (Å²) in [6, 6.07) is 13.8. The molecule has 3 rings (SSSR count). The third-order valence-corrected chi connectivity index (χ3v) is 5.12. The molecule has 30 heavy (non-hydrogen) atoms. The lowest BCUT2D eigenvalue weighted by Gasteiger charge is -2.07. The van der Waals surface area contributed by atoms with Gasteiger partial charge in [0.1, 0.15) is 5.69 Å². The van der Waals surface area contributed by atoms with Gasteiger partial charge in [0, 0.05) is 17.1 Å². The summed E-state index contributed by atoms with van der Waals surface area (Å²) in [6.45, 7) is 1.19. The molecule has 1 amide bonds. The SMILES string of the molecule is Cc1c(NC(=O)COC(=O)Cc2ccc(Cl)cc2Cl)c(=O)n(-c2ccccc2)n1C. The van der Waals surface area contributed by atoms with Gasteiger partial charge in [0.05, 0.1) is 17.8 Å². The summed E-state index contributed by atoms with van der Waals surface area (Å²) in [5.74, 6) is -1.24. The second kappa shape index (κ2) is 9.19. The zero-order valence-corrected chi connectivity index (χ0v) is 17.8. The fraction of sp³-hybridized carbons (Fsp3) is 0.190. The fourth-order valence-electron chi connectivity index (χ4n) is 2.91. The number of carbonyl (C=O) groups is 2. The molecule has 0 fully saturated rings. The van der Waals surface area contributed by atoms with Crippen molar-refractivity contribution in [3.63, 3.8) is 0 Å². The van der Waals surface area contributed by atoms with Crippen molar-refractivity contribution in [3.05, 3.63) is 80.2 Å². The number of esters is 1. The van der Waals surface area contributed by atoms with E-state index in [1.807, 2.05) is 18.2 Å². The molecular formula is C21H19Cl2N3O4. The number of amides is 1. The van der Waals surface area contributed by atoms with Gasteiger partial charge in [0.15, 0.2) is 6.61 Å². The standard InChI is InChI=1S/C21H19Cl2N3O4/c1-13-20(21(29)26(25(13)2)16-6-4-3-5-7-16)24-18(27)12-30-19(28)10-14-8-9-15(22)11-17(14)23/h3-9,11H,10,12H2,1-2H3,(H,24,27). The number of nitrogens with one attached hydrogen (secondary N) is 1. The maximum absolute atomic E-state index is 12.8. The molecule has 9 heteroatoms. The van der Waals surface area contributed by atoms with Gasteiger partial charge in [-0.3, -0.25) is 19.1 Å². The summed E-state index contributed by atoms with van der Waals surface area (Å²) in [7, 11) is 1.72. The monoisotopic (exact) mass is 447 g/mol. The zero-order valence-electron chi connectivity index (χ0n) is 16.3.